The molecule has 0 heterocycles. The number of rotatable bonds is 3. The largest absolute Gasteiger partial charge is 0.508 e. The van der Waals surface area contributed by atoms with Crippen LogP contribution in [-0.2, 0) is 4.79 Å². The maximum Gasteiger partial charge on any atom is 0.127 e. The van der Waals surface area contributed by atoms with Crippen molar-refractivity contribution in [2.24, 2.45) is 17.7 Å². The van der Waals surface area contributed by atoms with Crippen LogP contribution in [0.15, 0.2) is 23.0 Å². The molecule has 2 heteroatoms. The number of carbonyl (C=O) groups is 1. The minimum absolute atomic E-state index is 0.124. The van der Waals surface area contributed by atoms with Crippen LogP contribution in [0.3, 0.4) is 0 Å². The lowest BCUT2D eigenvalue weighted by Gasteiger charge is -2.25. The Morgan fingerprint density at radius 2 is 2.07 bits per heavy atom. The molecule has 0 radical (unpaired) electrons. The van der Waals surface area contributed by atoms with Crippen LogP contribution in [0.5, 0.6) is 0 Å². The average Bonchev–Trinajstić information content (AvgIpc) is 2.20. The average molecular weight is 209 g/mol. The number of aliphatic hydroxyl groups excluding tert-OH is 1. The highest BCUT2D eigenvalue weighted by Gasteiger charge is 2.24. The Bertz CT molecular complexity index is 353. The molecule has 1 unspecified atom stereocenters. The molecule has 1 atom stereocenters. The second-order valence-corrected chi connectivity index (χ2v) is 4.65. The first-order chi connectivity index (χ1) is 7.30. The summed E-state index contributed by atoms with van der Waals surface area (Å²) in [6.45, 7) is 7.85. The van der Waals surface area contributed by atoms with Crippen molar-refractivity contribution >= 4 is 6.29 Å². The summed E-state index contributed by atoms with van der Waals surface area (Å²) in [7, 11) is 0. The lowest BCUT2D eigenvalue weighted by Crippen LogP contribution is -2.16. The van der Waals surface area contributed by atoms with Crippen molar-refractivity contribution in [3.63, 3.8) is 0 Å². The summed E-state index contributed by atoms with van der Waals surface area (Å²) in [5.41, 5.74) is 1.53. The van der Waals surface area contributed by atoms with E-state index in [9.17, 15) is 9.90 Å². The molecule has 1 N–H and O–H groups in total. The molecular weight excluding hydrogens is 188 g/mol. The minimum atomic E-state index is -1.20. The third-order valence-electron chi connectivity index (χ3n) is 2.78. The summed E-state index contributed by atoms with van der Waals surface area (Å²) < 4.78 is 8.02. The zero-order chi connectivity index (χ0) is 12.5. The van der Waals surface area contributed by atoms with Gasteiger partial charge in [0, 0.05) is 7.26 Å². The van der Waals surface area contributed by atoms with E-state index in [1.54, 1.807) is 6.08 Å². The van der Waals surface area contributed by atoms with Gasteiger partial charge in [-0.1, -0.05) is 33.8 Å². The number of allylic oxidation sites excluding steroid dienone is 3. The molecular formula is C13H20O2. The third-order valence-corrected chi connectivity index (χ3v) is 2.78. The van der Waals surface area contributed by atoms with Gasteiger partial charge < -0.3 is 9.90 Å². The van der Waals surface area contributed by atoms with Gasteiger partial charge in [-0.15, -0.1) is 0 Å². The fraction of sp³-hybridized carbons (Fsp3) is 0.615. The monoisotopic (exact) mass is 209 g/mol. The summed E-state index contributed by atoms with van der Waals surface area (Å²) in [6, 6.07) is 0. The molecule has 2 nitrogen and oxygen atoms in total. The Balaban J connectivity index is 3.26. The van der Waals surface area contributed by atoms with E-state index in [1.807, 2.05) is 27.7 Å². The van der Waals surface area contributed by atoms with E-state index < -0.39 is 5.89 Å². The van der Waals surface area contributed by atoms with Gasteiger partial charge in [0.05, 0.1) is 0 Å². The highest BCUT2D eigenvalue weighted by Crippen LogP contribution is 2.34. The summed E-state index contributed by atoms with van der Waals surface area (Å²) >= 11 is 0. The first-order valence-corrected chi connectivity index (χ1v) is 5.42. The molecule has 0 aliphatic heterocycles. The summed E-state index contributed by atoms with van der Waals surface area (Å²) in [5, 5.41) is 10.1. The Kier molecular flexibility index (Phi) is 3.24. The topological polar surface area (TPSA) is 37.3 Å². The van der Waals surface area contributed by atoms with Crippen molar-refractivity contribution in [3.05, 3.63) is 23.0 Å². The lowest BCUT2D eigenvalue weighted by molar-refractivity contribution is -0.110. The standard InChI is InChI=1S/C13H20O2/c1-8(2)11-5-10(7-14)6-12(9(3)4)13(11)15/h5,7-10,15H,6H2,1-4H3/i10D. The van der Waals surface area contributed by atoms with Gasteiger partial charge in [0.25, 0.3) is 0 Å². The van der Waals surface area contributed by atoms with Gasteiger partial charge >= 0.3 is 0 Å². The van der Waals surface area contributed by atoms with E-state index in [4.69, 9.17) is 1.37 Å². The van der Waals surface area contributed by atoms with Crippen LogP contribution in [0.2, 0.25) is 0 Å². The normalized spacial score (nSPS) is 28.1. The minimum Gasteiger partial charge on any atom is -0.508 e. The molecule has 0 aromatic heterocycles. The van der Waals surface area contributed by atoms with Gasteiger partial charge in [-0.2, -0.15) is 0 Å². The summed E-state index contributed by atoms with van der Waals surface area (Å²) in [6.07, 6.45) is 2.55. The van der Waals surface area contributed by atoms with Crippen LogP contribution in [0, 0.1) is 17.7 Å². The zero-order valence-electron chi connectivity index (χ0n) is 10.9. The predicted molar refractivity (Wildman–Crippen MR) is 61.6 cm³/mol. The van der Waals surface area contributed by atoms with Crippen LogP contribution in [0.25, 0.3) is 0 Å². The van der Waals surface area contributed by atoms with Crippen LogP contribution in [0.4, 0.5) is 0 Å². The molecule has 15 heavy (non-hydrogen) atoms. The number of carbonyl (C=O) groups excluding carboxylic acids is 1. The fourth-order valence-electron chi connectivity index (χ4n) is 1.80. The summed E-state index contributed by atoms with van der Waals surface area (Å²) in [4.78, 5) is 11.0. The van der Waals surface area contributed by atoms with Gasteiger partial charge in [-0.3, -0.25) is 0 Å². The molecule has 0 spiro atoms. The fourth-order valence-corrected chi connectivity index (χ4v) is 1.80. The molecule has 0 saturated carbocycles. The zero-order valence-corrected chi connectivity index (χ0v) is 9.87. The molecule has 1 rings (SSSR count). The Morgan fingerprint density at radius 1 is 1.47 bits per heavy atom. The number of hydrogen-bond donors (Lipinski definition) is 1. The van der Waals surface area contributed by atoms with Crippen molar-refractivity contribution in [1.29, 1.82) is 0 Å². The second kappa shape index (κ2) is 4.65. The van der Waals surface area contributed by atoms with E-state index in [1.165, 1.54) is 0 Å². The van der Waals surface area contributed by atoms with E-state index in [0.29, 0.717) is 12.7 Å². The van der Waals surface area contributed by atoms with Crippen LogP contribution < -0.4 is 0 Å². The highest BCUT2D eigenvalue weighted by molar-refractivity contribution is 5.60. The van der Waals surface area contributed by atoms with Crippen molar-refractivity contribution in [2.45, 2.75) is 34.1 Å². The Hall–Kier alpha value is -1.05. The van der Waals surface area contributed by atoms with E-state index in [2.05, 4.69) is 0 Å². The molecule has 0 fully saturated rings. The lowest BCUT2D eigenvalue weighted by atomic mass is 9.81. The smallest absolute Gasteiger partial charge is 0.127 e. The molecule has 0 bridgehead atoms. The SMILES string of the molecule is [2H]C1(C=O)C=C(C(C)C)C(O)=C(C(C)C)C1. The maximum absolute atomic E-state index is 11.0. The van der Waals surface area contributed by atoms with E-state index in [-0.39, 0.29) is 17.6 Å². The Morgan fingerprint density at radius 3 is 2.47 bits per heavy atom. The van der Waals surface area contributed by atoms with Crippen molar-refractivity contribution in [1.82, 2.24) is 0 Å². The van der Waals surface area contributed by atoms with Crippen molar-refractivity contribution in [3.8, 4) is 0 Å². The molecule has 0 aromatic carbocycles. The first kappa shape index (κ1) is 10.5. The molecule has 84 valence electrons. The first-order valence-electron chi connectivity index (χ1n) is 5.92. The van der Waals surface area contributed by atoms with Crippen LogP contribution >= 0.6 is 0 Å². The van der Waals surface area contributed by atoms with Gasteiger partial charge in [0.1, 0.15) is 12.0 Å². The molecule has 0 saturated heterocycles. The van der Waals surface area contributed by atoms with Gasteiger partial charge in [0.2, 0.25) is 0 Å². The molecule has 0 amide bonds. The number of aliphatic hydroxyl groups is 1. The number of hydrogen-bond acceptors (Lipinski definition) is 2. The molecule has 0 aromatic rings. The third kappa shape index (κ3) is 2.49. The molecule has 1 aliphatic carbocycles. The number of aldehydes is 1. The van der Waals surface area contributed by atoms with E-state index >= 15 is 0 Å². The van der Waals surface area contributed by atoms with Crippen LogP contribution in [0.1, 0.15) is 35.5 Å². The van der Waals surface area contributed by atoms with E-state index in [0.717, 1.165) is 11.1 Å². The highest BCUT2D eigenvalue weighted by atomic mass is 16.3. The second-order valence-electron chi connectivity index (χ2n) is 4.65. The van der Waals surface area contributed by atoms with Crippen molar-refractivity contribution < 1.29 is 11.3 Å². The quantitative estimate of drug-likeness (QED) is 0.724. The van der Waals surface area contributed by atoms with Gasteiger partial charge in [0.15, 0.2) is 0 Å². The van der Waals surface area contributed by atoms with Gasteiger partial charge in [-0.25, -0.2) is 0 Å². The summed E-state index contributed by atoms with van der Waals surface area (Å²) in [5.74, 6) is -0.633. The van der Waals surface area contributed by atoms with Crippen LogP contribution in [-0.4, -0.2) is 11.4 Å². The molecule has 1 aliphatic rings. The predicted octanol–water partition coefficient (Wildman–Crippen LogP) is 3.26. The van der Waals surface area contributed by atoms with Crippen molar-refractivity contribution in [2.75, 3.05) is 0 Å². The van der Waals surface area contributed by atoms with Gasteiger partial charge in [-0.05, 0) is 29.4 Å². The maximum atomic E-state index is 11.0. The Labute approximate surface area is 93.1 Å².